The number of anilines is 2. The van der Waals surface area contributed by atoms with E-state index in [0.717, 1.165) is 24.2 Å². The number of hydrogen-bond acceptors (Lipinski definition) is 2. The highest BCUT2D eigenvalue weighted by atomic mass is 31.0. The highest BCUT2D eigenvalue weighted by molar-refractivity contribution is 7.18. The zero-order valence-corrected chi connectivity index (χ0v) is 14.3. The molecule has 20 heavy (non-hydrogen) atoms. The molecule has 0 fully saturated rings. The number of rotatable bonds is 5. The van der Waals surface area contributed by atoms with Crippen LogP contribution in [0.15, 0.2) is 36.4 Å². The van der Waals surface area contributed by atoms with Gasteiger partial charge in [-0.1, -0.05) is 26.0 Å². The molecule has 0 spiro atoms. The van der Waals surface area contributed by atoms with E-state index in [1.165, 1.54) is 22.3 Å². The van der Waals surface area contributed by atoms with E-state index in [0.29, 0.717) is 0 Å². The van der Waals surface area contributed by atoms with E-state index in [2.05, 4.69) is 79.2 Å². The average Bonchev–Trinajstić information content (AvgIpc) is 2.53. The van der Waals surface area contributed by atoms with Crippen LogP contribution in [0.25, 0.3) is 11.1 Å². The van der Waals surface area contributed by atoms with Gasteiger partial charge in [0.05, 0.1) is 0 Å². The SMILES string of the molecule is CCc1cc(NP)ccc1-c1ccc(NP)cc1CC. The second kappa shape index (κ2) is 7.07. The van der Waals surface area contributed by atoms with Gasteiger partial charge in [-0.3, -0.25) is 0 Å². The molecule has 0 radical (unpaired) electrons. The summed E-state index contributed by atoms with van der Waals surface area (Å²) in [5.74, 6) is 0. The van der Waals surface area contributed by atoms with Crippen LogP contribution in [0.2, 0.25) is 0 Å². The Bertz CT molecular complexity index is 544. The second-order valence-corrected chi connectivity index (χ2v) is 5.32. The first kappa shape index (κ1) is 15.3. The Morgan fingerprint density at radius 1 is 0.750 bits per heavy atom. The molecule has 2 nitrogen and oxygen atoms in total. The summed E-state index contributed by atoms with van der Waals surface area (Å²) in [6.07, 6.45) is 2.06. The maximum atomic E-state index is 3.13. The van der Waals surface area contributed by atoms with Gasteiger partial charge in [0.25, 0.3) is 0 Å². The third-order valence-electron chi connectivity index (χ3n) is 3.60. The standard InChI is InChI=1S/C16H22N2P2/c1-3-11-9-13(17-19)5-7-15(11)16-8-6-14(18-20)10-12(16)4-2/h5-10,17-18H,3-4,19-20H2,1-2H3. The highest BCUT2D eigenvalue weighted by Gasteiger charge is 2.09. The Hall–Kier alpha value is -1.10. The molecular formula is C16H22N2P2. The van der Waals surface area contributed by atoms with Crippen molar-refractivity contribution < 1.29 is 0 Å². The van der Waals surface area contributed by atoms with Gasteiger partial charge >= 0.3 is 0 Å². The van der Waals surface area contributed by atoms with E-state index < -0.39 is 0 Å². The molecule has 2 aromatic carbocycles. The Morgan fingerprint density at radius 3 is 1.45 bits per heavy atom. The summed E-state index contributed by atoms with van der Waals surface area (Å²) in [7, 11) is 5.10. The number of benzene rings is 2. The fraction of sp³-hybridized carbons (Fsp3) is 0.250. The van der Waals surface area contributed by atoms with Gasteiger partial charge < -0.3 is 10.2 Å². The first-order chi connectivity index (χ1) is 9.73. The van der Waals surface area contributed by atoms with E-state index in [9.17, 15) is 0 Å². The molecule has 2 atom stereocenters. The minimum Gasteiger partial charge on any atom is -0.369 e. The van der Waals surface area contributed by atoms with Crippen LogP contribution in [0.3, 0.4) is 0 Å². The molecule has 0 heterocycles. The summed E-state index contributed by atoms with van der Waals surface area (Å²) in [4.78, 5) is 0. The van der Waals surface area contributed by atoms with Gasteiger partial charge in [-0.25, -0.2) is 0 Å². The lowest BCUT2D eigenvalue weighted by Crippen LogP contribution is -1.95. The molecular weight excluding hydrogens is 282 g/mol. The molecule has 2 rings (SSSR count). The smallest absolute Gasteiger partial charge is 0.0371 e. The third-order valence-corrected chi connectivity index (χ3v) is 4.26. The minimum atomic E-state index is 1.03. The molecule has 0 aliphatic carbocycles. The molecule has 0 saturated heterocycles. The van der Waals surface area contributed by atoms with Gasteiger partial charge in [0.2, 0.25) is 0 Å². The van der Waals surface area contributed by atoms with Crippen LogP contribution in [-0.4, -0.2) is 0 Å². The molecule has 0 aliphatic heterocycles. The van der Waals surface area contributed by atoms with Crippen LogP contribution < -0.4 is 10.2 Å². The van der Waals surface area contributed by atoms with E-state index in [1.807, 2.05) is 0 Å². The van der Waals surface area contributed by atoms with E-state index >= 15 is 0 Å². The van der Waals surface area contributed by atoms with Gasteiger partial charge in [-0.2, -0.15) is 0 Å². The van der Waals surface area contributed by atoms with Crippen molar-refractivity contribution >= 4 is 30.2 Å². The second-order valence-electron chi connectivity index (χ2n) is 4.74. The largest absolute Gasteiger partial charge is 0.369 e. The monoisotopic (exact) mass is 304 g/mol. The van der Waals surface area contributed by atoms with Crippen LogP contribution in [0.1, 0.15) is 25.0 Å². The van der Waals surface area contributed by atoms with Crippen molar-refractivity contribution in [3.05, 3.63) is 47.5 Å². The van der Waals surface area contributed by atoms with Crippen molar-refractivity contribution in [2.45, 2.75) is 26.7 Å². The molecule has 2 unspecified atom stereocenters. The van der Waals surface area contributed by atoms with Crippen LogP contribution in [0.4, 0.5) is 11.4 Å². The van der Waals surface area contributed by atoms with E-state index in [4.69, 9.17) is 0 Å². The zero-order valence-electron chi connectivity index (χ0n) is 12.0. The minimum absolute atomic E-state index is 1.03. The summed E-state index contributed by atoms with van der Waals surface area (Å²) in [6, 6.07) is 13.1. The maximum Gasteiger partial charge on any atom is 0.0371 e. The lowest BCUT2D eigenvalue weighted by molar-refractivity contribution is 1.12. The molecule has 0 amide bonds. The van der Waals surface area contributed by atoms with Gasteiger partial charge in [0.1, 0.15) is 0 Å². The Labute approximate surface area is 126 Å². The summed E-state index contributed by atoms with van der Waals surface area (Å²) >= 11 is 0. The lowest BCUT2D eigenvalue weighted by atomic mass is 9.92. The van der Waals surface area contributed by atoms with Gasteiger partial charge in [0, 0.05) is 11.4 Å². The average molecular weight is 304 g/mol. The van der Waals surface area contributed by atoms with Crippen molar-refractivity contribution in [2.24, 2.45) is 0 Å². The third kappa shape index (κ3) is 3.14. The predicted octanol–water partition coefficient (Wildman–Crippen LogP) is 4.88. The summed E-state index contributed by atoms with van der Waals surface area (Å²) < 4.78 is 0. The quantitative estimate of drug-likeness (QED) is 0.769. The van der Waals surface area contributed by atoms with Gasteiger partial charge in [0.15, 0.2) is 0 Å². The molecule has 4 heteroatoms. The molecule has 2 aromatic rings. The van der Waals surface area contributed by atoms with Crippen molar-refractivity contribution in [3.8, 4) is 11.1 Å². The molecule has 0 bridgehead atoms. The Kier molecular flexibility index (Phi) is 5.40. The molecule has 0 aromatic heterocycles. The number of nitrogens with one attached hydrogen (secondary N) is 2. The summed E-state index contributed by atoms with van der Waals surface area (Å²) in [5.41, 5.74) is 7.69. The molecule has 106 valence electrons. The molecule has 0 saturated carbocycles. The lowest BCUT2D eigenvalue weighted by Gasteiger charge is -2.15. The van der Waals surface area contributed by atoms with Crippen LogP contribution >= 0.6 is 18.8 Å². The normalized spacial score (nSPS) is 10.4. The molecule has 2 N–H and O–H groups in total. The van der Waals surface area contributed by atoms with E-state index in [-0.39, 0.29) is 0 Å². The topological polar surface area (TPSA) is 24.1 Å². The molecule has 0 aliphatic rings. The predicted molar refractivity (Wildman–Crippen MR) is 97.3 cm³/mol. The van der Waals surface area contributed by atoms with Crippen LogP contribution in [0, 0.1) is 0 Å². The first-order valence-corrected chi connectivity index (χ1v) is 8.08. The van der Waals surface area contributed by atoms with Crippen molar-refractivity contribution in [1.29, 1.82) is 0 Å². The highest BCUT2D eigenvalue weighted by Crippen LogP contribution is 2.32. The van der Waals surface area contributed by atoms with Gasteiger partial charge in [-0.15, -0.1) is 0 Å². The summed E-state index contributed by atoms with van der Waals surface area (Å²) in [6.45, 7) is 4.41. The van der Waals surface area contributed by atoms with Crippen LogP contribution in [0.5, 0.6) is 0 Å². The first-order valence-electron chi connectivity index (χ1n) is 6.92. The van der Waals surface area contributed by atoms with E-state index in [1.54, 1.807) is 0 Å². The number of hydrogen-bond donors (Lipinski definition) is 2. The fourth-order valence-electron chi connectivity index (χ4n) is 2.48. The zero-order chi connectivity index (χ0) is 14.5. The summed E-state index contributed by atoms with van der Waals surface area (Å²) in [5, 5.41) is 6.26. The van der Waals surface area contributed by atoms with Crippen molar-refractivity contribution in [2.75, 3.05) is 10.2 Å². The fourth-order valence-corrected chi connectivity index (χ4v) is 2.84. The van der Waals surface area contributed by atoms with Crippen molar-refractivity contribution in [1.82, 2.24) is 0 Å². The van der Waals surface area contributed by atoms with Crippen molar-refractivity contribution in [3.63, 3.8) is 0 Å². The Morgan fingerprint density at radius 2 is 1.15 bits per heavy atom. The van der Waals surface area contributed by atoms with Crippen LogP contribution in [-0.2, 0) is 12.8 Å². The Balaban J connectivity index is 2.55. The maximum absolute atomic E-state index is 3.13. The van der Waals surface area contributed by atoms with Gasteiger partial charge in [-0.05, 0) is 78.1 Å². The number of aryl methyl sites for hydroxylation is 2.